The van der Waals surface area contributed by atoms with E-state index in [9.17, 15) is 8.42 Å². The van der Waals surface area contributed by atoms with Crippen LogP contribution in [0.25, 0.3) is 0 Å². The van der Waals surface area contributed by atoms with Crippen LogP contribution < -0.4 is 5.73 Å². The number of benzene rings is 1. The maximum Gasteiger partial charge on any atom is 0.147 e. The SMILES string of the molecule is Cc1cc(Cl)ccc1C(N)CCCS(C)(=O)=O. The molecule has 2 N–H and O–H groups in total. The lowest BCUT2D eigenvalue weighted by atomic mass is 9.99. The van der Waals surface area contributed by atoms with Gasteiger partial charge in [0.05, 0.1) is 0 Å². The van der Waals surface area contributed by atoms with E-state index in [1.165, 1.54) is 6.26 Å². The predicted octanol–water partition coefficient (Wildman–Crippen LogP) is 2.47. The quantitative estimate of drug-likeness (QED) is 0.898. The van der Waals surface area contributed by atoms with Crippen molar-refractivity contribution in [3.63, 3.8) is 0 Å². The molecule has 0 heterocycles. The van der Waals surface area contributed by atoms with Crippen molar-refractivity contribution in [2.75, 3.05) is 12.0 Å². The first-order valence-electron chi connectivity index (χ1n) is 5.49. The molecule has 0 aliphatic rings. The molecule has 0 amide bonds. The van der Waals surface area contributed by atoms with E-state index in [0.717, 1.165) is 11.1 Å². The molecular formula is C12H18ClNO2S. The lowest BCUT2D eigenvalue weighted by molar-refractivity contribution is 0.587. The molecule has 0 fully saturated rings. The second-order valence-corrected chi connectivity index (χ2v) is 7.08. The zero-order chi connectivity index (χ0) is 13.1. The van der Waals surface area contributed by atoms with Gasteiger partial charge < -0.3 is 5.73 Å². The van der Waals surface area contributed by atoms with Crippen molar-refractivity contribution in [3.05, 3.63) is 34.3 Å². The second kappa shape index (κ2) is 5.85. The highest BCUT2D eigenvalue weighted by molar-refractivity contribution is 7.90. The van der Waals surface area contributed by atoms with E-state index < -0.39 is 9.84 Å². The molecule has 1 unspecified atom stereocenters. The molecule has 1 aromatic carbocycles. The highest BCUT2D eigenvalue weighted by atomic mass is 35.5. The van der Waals surface area contributed by atoms with Crippen LogP contribution >= 0.6 is 11.6 Å². The molecule has 1 atom stereocenters. The molecule has 0 radical (unpaired) electrons. The maximum absolute atomic E-state index is 11.0. The highest BCUT2D eigenvalue weighted by Gasteiger charge is 2.10. The van der Waals surface area contributed by atoms with Gasteiger partial charge in [0.1, 0.15) is 9.84 Å². The van der Waals surface area contributed by atoms with Crippen molar-refractivity contribution < 1.29 is 8.42 Å². The molecule has 1 rings (SSSR count). The van der Waals surface area contributed by atoms with Gasteiger partial charge in [-0.25, -0.2) is 8.42 Å². The predicted molar refractivity (Wildman–Crippen MR) is 72.1 cm³/mol. The van der Waals surface area contributed by atoms with Crippen molar-refractivity contribution >= 4 is 21.4 Å². The Kier molecular flexibility index (Phi) is 4.98. The van der Waals surface area contributed by atoms with Gasteiger partial charge in [-0.3, -0.25) is 0 Å². The zero-order valence-electron chi connectivity index (χ0n) is 10.1. The first kappa shape index (κ1) is 14.5. The van der Waals surface area contributed by atoms with Crippen molar-refractivity contribution in [1.82, 2.24) is 0 Å². The number of aryl methyl sites for hydroxylation is 1. The number of halogens is 1. The molecule has 3 nitrogen and oxygen atoms in total. The Bertz CT molecular complexity index is 485. The highest BCUT2D eigenvalue weighted by Crippen LogP contribution is 2.22. The molecule has 0 saturated heterocycles. The first-order valence-corrected chi connectivity index (χ1v) is 7.93. The monoisotopic (exact) mass is 275 g/mol. The topological polar surface area (TPSA) is 60.2 Å². The molecule has 1 aromatic rings. The van der Waals surface area contributed by atoms with Crippen LogP contribution in [0, 0.1) is 6.92 Å². The van der Waals surface area contributed by atoms with Gasteiger partial charge in [0.2, 0.25) is 0 Å². The molecule has 0 aliphatic heterocycles. The largest absolute Gasteiger partial charge is 0.324 e. The fourth-order valence-corrected chi connectivity index (χ4v) is 2.69. The number of hydrogen-bond donors (Lipinski definition) is 1. The van der Waals surface area contributed by atoms with Crippen LogP contribution in [0.2, 0.25) is 5.02 Å². The van der Waals surface area contributed by atoms with Crippen molar-refractivity contribution in [1.29, 1.82) is 0 Å². The van der Waals surface area contributed by atoms with Crippen molar-refractivity contribution in [2.45, 2.75) is 25.8 Å². The molecule has 0 spiro atoms. The smallest absolute Gasteiger partial charge is 0.147 e. The summed E-state index contributed by atoms with van der Waals surface area (Å²) in [6.45, 7) is 1.96. The van der Waals surface area contributed by atoms with E-state index in [1.807, 2.05) is 19.1 Å². The van der Waals surface area contributed by atoms with E-state index in [4.69, 9.17) is 17.3 Å². The van der Waals surface area contributed by atoms with Gasteiger partial charge in [-0.2, -0.15) is 0 Å². The Balaban J connectivity index is 2.61. The third-order valence-electron chi connectivity index (χ3n) is 2.66. The third kappa shape index (κ3) is 5.06. The van der Waals surface area contributed by atoms with Gasteiger partial charge in [-0.1, -0.05) is 17.7 Å². The summed E-state index contributed by atoms with van der Waals surface area (Å²) in [4.78, 5) is 0. The minimum absolute atomic E-state index is 0.131. The van der Waals surface area contributed by atoms with E-state index in [1.54, 1.807) is 6.07 Å². The average Bonchev–Trinajstić information content (AvgIpc) is 2.15. The molecular weight excluding hydrogens is 258 g/mol. The Hall–Kier alpha value is -0.580. The van der Waals surface area contributed by atoms with Gasteiger partial charge >= 0.3 is 0 Å². The van der Waals surface area contributed by atoms with Gasteiger partial charge in [0.25, 0.3) is 0 Å². The van der Waals surface area contributed by atoms with Gasteiger partial charge in [0.15, 0.2) is 0 Å². The molecule has 0 aliphatic carbocycles. The normalized spacial score (nSPS) is 13.6. The first-order chi connectivity index (χ1) is 7.79. The summed E-state index contributed by atoms with van der Waals surface area (Å²) in [5.41, 5.74) is 8.11. The summed E-state index contributed by atoms with van der Waals surface area (Å²) >= 11 is 5.87. The Morgan fingerprint density at radius 2 is 2.06 bits per heavy atom. The fraction of sp³-hybridized carbons (Fsp3) is 0.500. The Labute approximate surface area is 108 Å². The summed E-state index contributed by atoms with van der Waals surface area (Å²) in [6, 6.07) is 5.45. The molecule has 0 bridgehead atoms. The fourth-order valence-electron chi connectivity index (χ4n) is 1.78. The third-order valence-corrected chi connectivity index (χ3v) is 3.93. The van der Waals surface area contributed by atoms with Crippen LogP contribution in [0.5, 0.6) is 0 Å². The van der Waals surface area contributed by atoms with Crippen LogP contribution in [0.3, 0.4) is 0 Å². The molecule has 96 valence electrons. The van der Waals surface area contributed by atoms with Crippen LogP contribution in [0.15, 0.2) is 18.2 Å². The Morgan fingerprint density at radius 1 is 1.41 bits per heavy atom. The van der Waals surface area contributed by atoms with E-state index >= 15 is 0 Å². The van der Waals surface area contributed by atoms with Gasteiger partial charge in [0, 0.05) is 23.1 Å². The number of nitrogens with two attached hydrogens (primary N) is 1. The van der Waals surface area contributed by atoms with E-state index in [0.29, 0.717) is 17.9 Å². The van der Waals surface area contributed by atoms with E-state index in [-0.39, 0.29) is 11.8 Å². The van der Waals surface area contributed by atoms with Crippen LogP contribution in [-0.4, -0.2) is 20.4 Å². The van der Waals surface area contributed by atoms with Crippen LogP contribution in [0.1, 0.15) is 30.0 Å². The summed E-state index contributed by atoms with van der Waals surface area (Å²) < 4.78 is 22.0. The number of rotatable bonds is 5. The molecule has 0 saturated carbocycles. The van der Waals surface area contributed by atoms with Crippen LogP contribution in [-0.2, 0) is 9.84 Å². The summed E-state index contributed by atoms with van der Waals surface area (Å²) in [5.74, 6) is 0.188. The van der Waals surface area contributed by atoms with E-state index in [2.05, 4.69) is 0 Å². The van der Waals surface area contributed by atoms with Crippen molar-refractivity contribution in [2.24, 2.45) is 5.73 Å². The summed E-state index contributed by atoms with van der Waals surface area (Å²) in [5, 5.41) is 0.689. The minimum Gasteiger partial charge on any atom is -0.324 e. The average molecular weight is 276 g/mol. The lowest BCUT2D eigenvalue weighted by Crippen LogP contribution is -2.13. The van der Waals surface area contributed by atoms with Crippen molar-refractivity contribution in [3.8, 4) is 0 Å². The second-order valence-electron chi connectivity index (χ2n) is 4.38. The molecule has 17 heavy (non-hydrogen) atoms. The summed E-state index contributed by atoms with van der Waals surface area (Å²) in [6.07, 6.45) is 2.49. The van der Waals surface area contributed by atoms with Gasteiger partial charge in [-0.15, -0.1) is 0 Å². The maximum atomic E-state index is 11.0. The lowest BCUT2D eigenvalue weighted by Gasteiger charge is -2.14. The zero-order valence-corrected chi connectivity index (χ0v) is 11.7. The number of hydrogen-bond acceptors (Lipinski definition) is 3. The summed E-state index contributed by atoms with van der Waals surface area (Å²) in [7, 11) is -2.90. The van der Waals surface area contributed by atoms with Crippen LogP contribution in [0.4, 0.5) is 0 Å². The standard InChI is InChI=1S/C12H18ClNO2S/c1-9-8-10(13)5-6-11(9)12(14)4-3-7-17(2,15)16/h5-6,8,12H,3-4,7,14H2,1-2H3. The Morgan fingerprint density at radius 3 is 2.59 bits per heavy atom. The molecule has 0 aromatic heterocycles. The van der Waals surface area contributed by atoms with Gasteiger partial charge in [-0.05, 0) is 43.0 Å². The minimum atomic E-state index is -2.90. The molecule has 5 heteroatoms. The number of sulfone groups is 1.